The van der Waals surface area contributed by atoms with Gasteiger partial charge in [-0.15, -0.1) is 0 Å². The van der Waals surface area contributed by atoms with E-state index in [2.05, 4.69) is 24.6 Å². The number of hydrogen-bond acceptors (Lipinski definition) is 2. The van der Waals surface area contributed by atoms with Crippen LogP contribution in [0.4, 0.5) is 0 Å². The maximum absolute atomic E-state index is 5.10. The predicted molar refractivity (Wildman–Crippen MR) is 53.3 cm³/mol. The van der Waals surface area contributed by atoms with E-state index in [0.717, 1.165) is 11.1 Å². The Morgan fingerprint density at radius 2 is 2.08 bits per heavy atom. The first kappa shape index (κ1) is 12.8. The Bertz CT molecular complexity index is 273. The molecule has 1 rings (SSSR count). The number of ether oxygens (including phenoxy) is 1. The van der Waals surface area contributed by atoms with E-state index < -0.39 is 8.07 Å². The van der Waals surface area contributed by atoms with Gasteiger partial charge in [0.15, 0.2) is 0 Å². The van der Waals surface area contributed by atoms with Gasteiger partial charge in [-0.05, 0) is 25.5 Å². The van der Waals surface area contributed by atoms with Crippen molar-refractivity contribution in [1.82, 2.24) is 4.98 Å². The second kappa shape index (κ2) is 4.85. The van der Waals surface area contributed by atoms with Crippen LogP contribution in [0.3, 0.4) is 0 Å². The fraction of sp³-hybridized carbons (Fsp3) is 0.333. The molecule has 66 valence electrons. The third kappa shape index (κ3) is 3.55. The summed E-state index contributed by atoms with van der Waals surface area (Å²) < 4.78 is 5.10. The Balaban J connectivity index is 0.00000144. The Hall–Kier alpha value is -0.236. The minimum Gasteiger partial charge on any atom is -0.497 e. The second-order valence-corrected chi connectivity index (χ2v) is 7.74. The summed E-state index contributed by atoms with van der Waals surface area (Å²) in [5.74, 6) is 0.865. The fourth-order valence-corrected chi connectivity index (χ4v) is 1.87. The molecule has 0 atom stereocenters. The molecule has 4 heteroatoms. The van der Waals surface area contributed by atoms with Crippen molar-refractivity contribution in [3.8, 4) is 5.75 Å². The zero-order valence-corrected chi connectivity index (χ0v) is 9.79. The molecule has 0 bridgehead atoms. The van der Waals surface area contributed by atoms with Crippen molar-refractivity contribution in [2.24, 2.45) is 0 Å². The third-order valence-corrected chi connectivity index (χ3v) is 3.32. The molecule has 0 saturated carbocycles. The van der Waals surface area contributed by atoms with E-state index in [0.29, 0.717) is 0 Å². The van der Waals surface area contributed by atoms with Gasteiger partial charge in [0.2, 0.25) is 0 Å². The smallest absolute Gasteiger partial charge is 0.497 e. The first-order valence-corrected chi connectivity index (χ1v) is 7.10. The first-order chi connectivity index (χ1) is 5.54. The molecule has 0 aliphatic rings. The Labute approximate surface area is 92.9 Å². The topological polar surface area (TPSA) is 22.1 Å². The summed E-state index contributed by atoms with van der Waals surface area (Å²) in [6.45, 7) is 8.46. The van der Waals surface area contributed by atoms with E-state index in [1.165, 1.54) is 0 Å². The zero-order chi connectivity index (χ0) is 9.19. The van der Waals surface area contributed by atoms with Crippen LogP contribution < -0.4 is 28.9 Å². The summed E-state index contributed by atoms with van der Waals surface area (Å²) in [5.41, 5.74) is 0. The van der Waals surface area contributed by atoms with Crippen molar-refractivity contribution in [1.29, 1.82) is 0 Å². The van der Waals surface area contributed by atoms with Crippen LogP contribution in [-0.4, -0.2) is 20.2 Å². The van der Waals surface area contributed by atoms with Gasteiger partial charge in [-0.2, -0.15) is 0 Å². The molecule has 0 fully saturated rings. The minimum absolute atomic E-state index is 0. The first-order valence-electron chi connectivity index (χ1n) is 3.90. The van der Waals surface area contributed by atoms with Gasteiger partial charge in [0.25, 0.3) is 0 Å². The van der Waals surface area contributed by atoms with Crippen LogP contribution in [0.15, 0.2) is 18.3 Å². The summed E-state index contributed by atoms with van der Waals surface area (Å²) in [4.78, 5) is 4.28. The molecule has 0 saturated heterocycles. The van der Waals surface area contributed by atoms with Crippen LogP contribution in [0, 0.1) is 6.55 Å². The van der Waals surface area contributed by atoms with Crippen LogP contribution >= 0.6 is 0 Å². The third-order valence-electron chi connectivity index (χ3n) is 1.66. The van der Waals surface area contributed by atoms with Gasteiger partial charge in [0.05, 0.1) is 7.11 Å². The Morgan fingerprint density at radius 3 is 2.54 bits per heavy atom. The van der Waals surface area contributed by atoms with Gasteiger partial charge >= 0.3 is 18.9 Å². The maximum Gasteiger partial charge on any atom is 1.00 e. The minimum atomic E-state index is -1.52. The van der Waals surface area contributed by atoms with E-state index in [-0.39, 0.29) is 18.9 Å². The van der Waals surface area contributed by atoms with E-state index in [9.17, 15) is 0 Å². The molecule has 1 aromatic heterocycles. The second-order valence-electron chi connectivity index (χ2n) is 3.46. The van der Waals surface area contributed by atoms with Crippen molar-refractivity contribution in [3.05, 3.63) is 24.9 Å². The molecule has 0 spiro atoms. The SMILES string of the molecule is [CH2-][Si](C)(C)c1cc(OC)ccn1.[Li+]. The normalized spacial score (nSPS) is 10.5. The molecule has 0 radical (unpaired) electrons. The summed E-state index contributed by atoms with van der Waals surface area (Å²) in [6.07, 6.45) is 1.77. The fourth-order valence-electron chi connectivity index (χ4n) is 0.908. The Morgan fingerprint density at radius 1 is 1.46 bits per heavy atom. The molecule has 1 heterocycles. The monoisotopic (exact) mass is 187 g/mol. The van der Waals surface area contributed by atoms with E-state index in [1.54, 1.807) is 13.3 Å². The average molecular weight is 187 g/mol. The summed E-state index contributed by atoms with van der Waals surface area (Å²) in [7, 11) is 0.141. The van der Waals surface area contributed by atoms with Crippen molar-refractivity contribution in [2.75, 3.05) is 7.11 Å². The van der Waals surface area contributed by atoms with Crippen LogP contribution in [0.1, 0.15) is 0 Å². The zero-order valence-electron chi connectivity index (χ0n) is 8.79. The number of pyridine rings is 1. The molecule has 13 heavy (non-hydrogen) atoms. The van der Waals surface area contributed by atoms with Crippen LogP contribution in [0.2, 0.25) is 13.1 Å². The quantitative estimate of drug-likeness (QED) is 0.410. The van der Waals surface area contributed by atoms with Gasteiger partial charge in [0, 0.05) is 6.20 Å². The molecule has 0 N–H and O–H groups in total. The molecule has 0 aliphatic heterocycles. The van der Waals surface area contributed by atoms with Crippen molar-refractivity contribution >= 4 is 13.4 Å². The predicted octanol–water partition coefficient (Wildman–Crippen LogP) is -1.62. The van der Waals surface area contributed by atoms with Crippen molar-refractivity contribution < 1.29 is 23.6 Å². The van der Waals surface area contributed by atoms with Gasteiger partial charge in [0.1, 0.15) is 5.75 Å². The van der Waals surface area contributed by atoms with E-state index >= 15 is 0 Å². The molecule has 0 aromatic carbocycles. The standard InChI is InChI=1S/C9H14NOSi.Li/c1-11-8-5-6-10-9(7-8)12(2,3)4;/h5-7H,2H2,1,3-4H3;/q-1;+1. The van der Waals surface area contributed by atoms with Gasteiger partial charge in [-0.25, -0.2) is 0 Å². The number of nitrogens with zero attached hydrogens (tertiary/aromatic N) is 1. The van der Waals surface area contributed by atoms with Crippen molar-refractivity contribution in [3.63, 3.8) is 0 Å². The Kier molecular flexibility index (Phi) is 4.76. The summed E-state index contributed by atoms with van der Waals surface area (Å²) >= 11 is 0. The molecule has 0 amide bonds. The van der Waals surface area contributed by atoms with Crippen molar-refractivity contribution in [2.45, 2.75) is 13.1 Å². The average Bonchev–Trinajstić information content (AvgIpc) is 2.03. The van der Waals surface area contributed by atoms with Gasteiger partial charge in [-0.1, -0.05) is 13.1 Å². The summed E-state index contributed by atoms with van der Waals surface area (Å²) in [6, 6.07) is 3.82. The molecular formula is C9H14LiNOSi. The number of rotatable bonds is 2. The number of methoxy groups -OCH3 is 1. The molecule has 0 aliphatic carbocycles. The molecule has 1 aromatic rings. The van der Waals surface area contributed by atoms with E-state index in [1.807, 2.05) is 12.1 Å². The van der Waals surface area contributed by atoms with Crippen LogP contribution in [0.5, 0.6) is 5.75 Å². The number of aromatic nitrogens is 1. The maximum atomic E-state index is 5.10. The molecular weight excluding hydrogens is 173 g/mol. The van der Waals surface area contributed by atoms with Gasteiger partial charge < -0.3 is 11.3 Å². The van der Waals surface area contributed by atoms with Gasteiger partial charge in [-0.3, -0.25) is 4.98 Å². The molecule has 0 unspecified atom stereocenters. The largest absolute Gasteiger partial charge is 1.00 e. The van der Waals surface area contributed by atoms with E-state index in [4.69, 9.17) is 4.74 Å². The van der Waals surface area contributed by atoms with Crippen LogP contribution in [0.25, 0.3) is 0 Å². The number of hydrogen-bond donors (Lipinski definition) is 0. The summed E-state index contributed by atoms with van der Waals surface area (Å²) in [5, 5.41) is 1.09. The molecule has 2 nitrogen and oxygen atoms in total. The van der Waals surface area contributed by atoms with Crippen LogP contribution in [-0.2, 0) is 0 Å².